The normalized spacial score (nSPS) is 12.4. The van der Waals surface area contributed by atoms with E-state index >= 15 is 9.13 Å². The summed E-state index contributed by atoms with van der Waals surface area (Å²) >= 11 is 0. The predicted molar refractivity (Wildman–Crippen MR) is 386 cm³/mol. The molecule has 0 spiro atoms. The molecule has 4 heteroatoms. The predicted octanol–water partition coefficient (Wildman–Crippen LogP) is 20.8. The van der Waals surface area contributed by atoms with Crippen LogP contribution in [0, 0.1) is 0 Å². The molecule has 0 saturated heterocycles. The Hall–Kier alpha value is -10.7. The van der Waals surface area contributed by atoms with Crippen LogP contribution in [-0.4, -0.2) is 0 Å². The van der Waals surface area contributed by atoms with Gasteiger partial charge in [0.15, 0.2) is 14.3 Å². The number of rotatable bonds is 11. The Morgan fingerprint density at radius 3 is 0.867 bits per heavy atom. The first-order valence-corrected chi connectivity index (χ1v) is 33.6. The van der Waals surface area contributed by atoms with Crippen molar-refractivity contribution in [1.82, 2.24) is 0 Å². The molecule has 426 valence electrons. The van der Waals surface area contributed by atoms with E-state index in [9.17, 15) is 0 Å². The van der Waals surface area contributed by atoms with E-state index in [2.05, 4.69) is 133 Å². The zero-order valence-electron chi connectivity index (χ0n) is 54.0. The third-order valence-electron chi connectivity index (χ3n) is 17.4. The minimum atomic E-state index is -3.24. The molecule has 0 fully saturated rings. The minimum Gasteiger partial charge on any atom is -0.309 e. The quantitative estimate of drug-likeness (QED) is 0.0955. The van der Waals surface area contributed by atoms with Crippen LogP contribution in [0.4, 0.5) is 0 Å². The standard InChI is InChI=1S/C48H33OP.C38H27OP/c49-50(38-18-3-1-4-19-38,39-20-5-2-6-21-39)40-22-13-17-37(33-40)48-45-26-11-9-24-43(45)47(44-25-10-12-27-46(44)48)36-31-29-35(30-32-36)42-28-14-16-34-15-7-8-23-41(34)42;39-40(30-18-6-2-7-19-30,31-20-8-3-9-21-31)32-22-14-17-29(27-32)38-35-25-12-10-23-33(35)37(28-15-4-1-5-16-28)34-24-11-13-26-36(34)38/h1-33H;1-27H/i;1D,4D,5D,15D,16D. The largest absolute Gasteiger partial charge is 0.309 e. The Bertz CT molecular complexity index is 5490. The van der Waals surface area contributed by atoms with Crippen LogP contribution in [0.15, 0.2) is 364 Å². The Kier molecular flexibility index (Phi) is 13.5. The van der Waals surface area contributed by atoms with Crippen LogP contribution < -0.4 is 31.8 Å². The lowest BCUT2D eigenvalue weighted by atomic mass is 9.85. The Balaban J connectivity index is 0.000000157. The summed E-state index contributed by atoms with van der Waals surface area (Å²) in [6, 6.07) is 111. The van der Waals surface area contributed by atoms with Gasteiger partial charge in [-0.3, -0.25) is 0 Å². The van der Waals surface area contributed by atoms with Crippen molar-refractivity contribution in [3.63, 3.8) is 0 Å². The lowest BCUT2D eigenvalue weighted by Gasteiger charge is -2.22. The molecular weight excluding hydrogens is 1130 g/mol. The first-order valence-electron chi connectivity index (χ1n) is 32.7. The molecule has 0 aliphatic carbocycles. The van der Waals surface area contributed by atoms with Gasteiger partial charge in [-0.2, -0.15) is 0 Å². The second kappa shape index (κ2) is 24.1. The van der Waals surface area contributed by atoms with Crippen LogP contribution in [0.3, 0.4) is 0 Å². The van der Waals surface area contributed by atoms with E-state index < -0.39 is 20.3 Å². The van der Waals surface area contributed by atoms with Gasteiger partial charge in [0.05, 0.1) is 6.85 Å². The molecule has 0 aliphatic heterocycles. The van der Waals surface area contributed by atoms with Crippen LogP contribution in [0.25, 0.3) is 109 Å². The number of fused-ring (bicyclic) bond motifs is 5. The third-order valence-corrected chi connectivity index (χ3v) is 23.5. The molecular formula is C86H60O2P2. The zero-order chi connectivity index (χ0) is 64.8. The fourth-order valence-corrected chi connectivity index (χ4v) is 18.7. The van der Waals surface area contributed by atoms with Crippen molar-refractivity contribution in [2.75, 3.05) is 0 Å². The molecule has 0 amide bonds. The van der Waals surface area contributed by atoms with Crippen LogP contribution in [0.5, 0.6) is 0 Å². The van der Waals surface area contributed by atoms with E-state index in [0.29, 0.717) is 10.9 Å². The van der Waals surface area contributed by atoms with Gasteiger partial charge in [0.25, 0.3) is 0 Å². The van der Waals surface area contributed by atoms with Crippen molar-refractivity contribution < 1.29 is 16.0 Å². The lowest BCUT2D eigenvalue weighted by molar-refractivity contribution is 0.591. The van der Waals surface area contributed by atoms with Crippen molar-refractivity contribution in [3.8, 4) is 55.6 Å². The van der Waals surface area contributed by atoms with Crippen molar-refractivity contribution in [3.05, 3.63) is 364 Å². The van der Waals surface area contributed by atoms with E-state index in [4.69, 9.17) is 6.85 Å². The van der Waals surface area contributed by atoms with Crippen molar-refractivity contribution >= 4 is 100.0 Å². The molecule has 0 aliphatic rings. The maximum Gasteiger partial charge on any atom is 0.171 e. The fraction of sp³-hybridized carbons (Fsp3) is 0. The molecule has 0 heterocycles. The van der Waals surface area contributed by atoms with Crippen LogP contribution in [0.2, 0.25) is 0 Å². The molecule has 0 atom stereocenters. The molecule has 2 nitrogen and oxygen atoms in total. The lowest BCUT2D eigenvalue weighted by Crippen LogP contribution is -2.25. The van der Waals surface area contributed by atoms with Gasteiger partial charge in [-0.05, 0) is 122 Å². The highest BCUT2D eigenvalue weighted by molar-refractivity contribution is 7.85. The molecule has 0 radical (unpaired) electrons. The van der Waals surface area contributed by atoms with Crippen molar-refractivity contribution in [2.45, 2.75) is 0 Å². The molecule has 16 rings (SSSR count). The summed E-state index contributed by atoms with van der Waals surface area (Å²) in [7, 11) is -6.39. The van der Waals surface area contributed by atoms with Gasteiger partial charge >= 0.3 is 0 Å². The van der Waals surface area contributed by atoms with Crippen molar-refractivity contribution in [1.29, 1.82) is 0 Å². The molecule has 16 aromatic carbocycles. The number of hydrogen-bond acceptors (Lipinski definition) is 2. The van der Waals surface area contributed by atoms with Crippen LogP contribution in [-0.2, 0) is 9.13 Å². The molecule has 0 unspecified atom stereocenters. The summed E-state index contributed by atoms with van der Waals surface area (Å²) in [6.07, 6.45) is 0. The van der Waals surface area contributed by atoms with E-state index in [1.165, 1.54) is 54.6 Å². The summed E-state index contributed by atoms with van der Waals surface area (Å²) in [4.78, 5) is 0. The second-order valence-corrected chi connectivity index (χ2v) is 28.0. The van der Waals surface area contributed by atoms with Crippen molar-refractivity contribution in [2.24, 2.45) is 0 Å². The highest BCUT2D eigenvalue weighted by atomic mass is 31.2. The summed E-state index contributed by atoms with van der Waals surface area (Å²) in [5, 5.41) is 15.2. The van der Waals surface area contributed by atoms with Gasteiger partial charge in [-0.15, -0.1) is 0 Å². The first-order chi connectivity index (χ1) is 46.5. The molecule has 0 aromatic heterocycles. The smallest absolute Gasteiger partial charge is 0.171 e. The molecule has 90 heavy (non-hydrogen) atoms. The van der Waals surface area contributed by atoms with E-state index in [0.717, 1.165) is 70.3 Å². The van der Waals surface area contributed by atoms with Crippen LogP contribution in [0.1, 0.15) is 6.85 Å². The SMILES string of the molecule is O=P(c1ccccc1)(c1ccccc1)c1cccc(-c2c3ccccc3c(-c3ccc(-c4cccc5ccccc45)cc3)c3ccccc23)c1.[2H]c1c([2H])c([2H])c(-c2c3ccccc3c(-c3cccc(P(=O)(c4ccccc4)c4ccccc4)c3)c3ccccc23)c([2H])c1[2H]. The van der Waals surface area contributed by atoms with E-state index in [-0.39, 0.29) is 29.7 Å². The van der Waals surface area contributed by atoms with Gasteiger partial charge in [0.1, 0.15) is 0 Å². The molecule has 0 N–H and O–H groups in total. The Morgan fingerprint density at radius 2 is 0.489 bits per heavy atom. The molecule has 0 bridgehead atoms. The number of hydrogen-bond donors (Lipinski definition) is 0. The van der Waals surface area contributed by atoms with Gasteiger partial charge < -0.3 is 9.13 Å². The monoisotopic (exact) mass is 1190 g/mol. The maximum absolute atomic E-state index is 15.4. The zero-order valence-corrected chi connectivity index (χ0v) is 50.8. The van der Waals surface area contributed by atoms with Gasteiger partial charge in [-0.25, -0.2) is 0 Å². The Morgan fingerprint density at radius 1 is 0.211 bits per heavy atom. The third kappa shape index (κ3) is 9.98. The van der Waals surface area contributed by atoms with Gasteiger partial charge in [0.2, 0.25) is 0 Å². The van der Waals surface area contributed by atoms with E-state index in [1.54, 1.807) is 0 Å². The van der Waals surface area contributed by atoms with Crippen LogP contribution >= 0.6 is 14.3 Å². The topological polar surface area (TPSA) is 34.1 Å². The highest BCUT2D eigenvalue weighted by Gasteiger charge is 2.32. The first kappa shape index (κ1) is 50.3. The maximum atomic E-state index is 15.4. The minimum absolute atomic E-state index is 0.173. The Labute approximate surface area is 532 Å². The summed E-state index contributed by atoms with van der Waals surface area (Å²) in [5.74, 6) is 0. The molecule has 16 aromatic rings. The summed E-state index contributed by atoms with van der Waals surface area (Å²) in [6.45, 7) is 0. The fourth-order valence-electron chi connectivity index (χ4n) is 13.3. The average Bonchev–Trinajstić information content (AvgIpc) is 0.733. The summed E-state index contributed by atoms with van der Waals surface area (Å²) < 4.78 is 73.1. The molecule has 0 saturated carbocycles. The van der Waals surface area contributed by atoms with Gasteiger partial charge in [-0.1, -0.05) is 352 Å². The second-order valence-electron chi connectivity index (χ2n) is 22.4. The summed E-state index contributed by atoms with van der Waals surface area (Å²) in [5.41, 5.74) is 9.62. The average molecular weight is 1190 g/mol. The van der Waals surface area contributed by atoms with Gasteiger partial charge in [0, 0.05) is 31.8 Å². The number of benzene rings is 16. The van der Waals surface area contributed by atoms with E-state index in [1.807, 2.05) is 200 Å². The highest BCUT2D eigenvalue weighted by Crippen LogP contribution is 2.49.